The average Bonchev–Trinajstić information content (AvgIpc) is 2.72. The van der Waals surface area contributed by atoms with Crippen molar-refractivity contribution < 1.29 is 4.74 Å². The molecule has 6 nitrogen and oxygen atoms in total. The number of hydrogen-bond acceptors (Lipinski definition) is 6. The van der Waals surface area contributed by atoms with E-state index < -0.39 is 0 Å². The highest BCUT2D eigenvalue weighted by molar-refractivity contribution is 7.12. The van der Waals surface area contributed by atoms with Gasteiger partial charge in [-0.15, -0.1) is 16.4 Å². The third-order valence-electron chi connectivity index (χ3n) is 1.40. The highest BCUT2D eigenvalue weighted by Gasteiger charge is 2.09. The first-order valence-corrected chi connectivity index (χ1v) is 4.35. The summed E-state index contributed by atoms with van der Waals surface area (Å²) in [6.07, 6.45) is 1.67. The van der Waals surface area contributed by atoms with E-state index in [1.807, 2.05) is 5.38 Å². The standard InChI is InChI=1S/C6H7N5OS/c1-12-5-9-4(7)11(10-5)6-8-2-3-13-6/h2-3H,1H3,(H2,7,9,10). The smallest absolute Gasteiger partial charge is 0.337 e. The lowest BCUT2D eigenvalue weighted by Crippen LogP contribution is -2.01. The molecule has 2 N–H and O–H groups in total. The summed E-state index contributed by atoms with van der Waals surface area (Å²) in [6, 6.07) is 0.243. The maximum atomic E-state index is 5.58. The minimum atomic E-state index is 0.243. The Hall–Kier alpha value is -1.63. The molecule has 2 aromatic rings. The van der Waals surface area contributed by atoms with E-state index in [0.29, 0.717) is 5.13 Å². The second-order valence-electron chi connectivity index (χ2n) is 2.18. The zero-order valence-corrected chi connectivity index (χ0v) is 7.65. The number of aromatic nitrogens is 4. The Morgan fingerprint density at radius 3 is 3.00 bits per heavy atom. The van der Waals surface area contributed by atoms with Crippen LogP contribution in [0.25, 0.3) is 5.13 Å². The van der Waals surface area contributed by atoms with Crippen LogP contribution in [0.3, 0.4) is 0 Å². The molecule has 13 heavy (non-hydrogen) atoms. The topological polar surface area (TPSA) is 78.9 Å². The van der Waals surface area contributed by atoms with Crippen LogP contribution in [0.4, 0.5) is 5.95 Å². The predicted molar refractivity (Wildman–Crippen MR) is 48.0 cm³/mol. The van der Waals surface area contributed by atoms with Crippen LogP contribution in [0.15, 0.2) is 11.6 Å². The predicted octanol–water partition coefficient (Wildman–Crippen LogP) is 0.315. The van der Waals surface area contributed by atoms with Crippen molar-refractivity contribution in [2.24, 2.45) is 0 Å². The fraction of sp³-hybridized carbons (Fsp3) is 0.167. The van der Waals surface area contributed by atoms with Gasteiger partial charge in [-0.05, 0) is 0 Å². The number of rotatable bonds is 2. The molecule has 68 valence electrons. The number of thiazole rings is 1. The average molecular weight is 197 g/mol. The van der Waals surface area contributed by atoms with Crippen molar-refractivity contribution in [2.75, 3.05) is 12.8 Å². The van der Waals surface area contributed by atoms with Crippen molar-refractivity contribution in [3.05, 3.63) is 11.6 Å². The Labute approximate surface area is 78.0 Å². The molecule has 0 saturated carbocycles. The summed E-state index contributed by atoms with van der Waals surface area (Å²) in [5.41, 5.74) is 5.58. The Kier molecular flexibility index (Phi) is 1.85. The van der Waals surface area contributed by atoms with E-state index in [9.17, 15) is 0 Å². The van der Waals surface area contributed by atoms with Gasteiger partial charge in [-0.1, -0.05) is 0 Å². The van der Waals surface area contributed by atoms with E-state index in [-0.39, 0.29) is 12.0 Å². The highest BCUT2D eigenvalue weighted by atomic mass is 32.1. The molecule has 0 spiro atoms. The lowest BCUT2D eigenvalue weighted by molar-refractivity contribution is 0.380. The van der Waals surface area contributed by atoms with E-state index in [2.05, 4.69) is 15.1 Å². The molecule has 0 aromatic carbocycles. The molecule has 2 aromatic heterocycles. The molecule has 0 aliphatic rings. The molecule has 2 heterocycles. The fourth-order valence-corrected chi connectivity index (χ4v) is 1.45. The lowest BCUT2D eigenvalue weighted by Gasteiger charge is -1.93. The van der Waals surface area contributed by atoms with Gasteiger partial charge in [0.25, 0.3) is 0 Å². The number of nitrogen functional groups attached to an aromatic ring is 1. The second-order valence-corrected chi connectivity index (χ2v) is 3.06. The van der Waals surface area contributed by atoms with Gasteiger partial charge in [0.1, 0.15) is 0 Å². The summed E-state index contributed by atoms with van der Waals surface area (Å²) in [4.78, 5) is 7.90. The molecular formula is C6H7N5OS. The summed E-state index contributed by atoms with van der Waals surface area (Å²) in [6.45, 7) is 0. The van der Waals surface area contributed by atoms with E-state index in [1.165, 1.54) is 23.1 Å². The number of ether oxygens (including phenoxy) is 1. The minimum Gasteiger partial charge on any atom is -0.466 e. The summed E-state index contributed by atoms with van der Waals surface area (Å²) >= 11 is 1.43. The first-order chi connectivity index (χ1) is 6.31. The van der Waals surface area contributed by atoms with E-state index >= 15 is 0 Å². The van der Waals surface area contributed by atoms with E-state index in [1.54, 1.807) is 6.20 Å². The van der Waals surface area contributed by atoms with Gasteiger partial charge in [0.15, 0.2) is 0 Å². The molecule has 2 rings (SSSR count). The Bertz CT molecular complexity index is 395. The zero-order chi connectivity index (χ0) is 9.26. The van der Waals surface area contributed by atoms with Crippen LogP contribution in [0, 0.1) is 0 Å². The quantitative estimate of drug-likeness (QED) is 0.749. The number of nitrogens with two attached hydrogens (primary N) is 1. The van der Waals surface area contributed by atoms with E-state index in [0.717, 1.165) is 0 Å². The number of anilines is 1. The molecular weight excluding hydrogens is 190 g/mol. The summed E-state index contributed by atoms with van der Waals surface area (Å²) in [5.74, 6) is 0.270. The van der Waals surface area contributed by atoms with E-state index in [4.69, 9.17) is 10.5 Å². The molecule has 0 radical (unpaired) electrons. The third kappa shape index (κ3) is 1.33. The maximum absolute atomic E-state index is 5.58. The SMILES string of the molecule is COc1nc(N)n(-c2nccs2)n1. The lowest BCUT2D eigenvalue weighted by atomic mass is 10.9. The Morgan fingerprint density at radius 2 is 2.46 bits per heavy atom. The van der Waals surface area contributed by atoms with Crippen LogP contribution < -0.4 is 10.5 Å². The van der Waals surface area contributed by atoms with Gasteiger partial charge in [0.2, 0.25) is 11.1 Å². The molecule has 0 aliphatic heterocycles. The van der Waals surface area contributed by atoms with Gasteiger partial charge in [-0.3, -0.25) is 0 Å². The van der Waals surface area contributed by atoms with Crippen LogP contribution in [0.1, 0.15) is 0 Å². The summed E-state index contributed by atoms with van der Waals surface area (Å²) < 4.78 is 6.26. The molecule has 0 aliphatic carbocycles. The third-order valence-corrected chi connectivity index (χ3v) is 2.14. The van der Waals surface area contributed by atoms with Crippen LogP contribution in [0.2, 0.25) is 0 Å². The van der Waals surface area contributed by atoms with Gasteiger partial charge < -0.3 is 10.5 Å². The largest absolute Gasteiger partial charge is 0.466 e. The van der Waals surface area contributed by atoms with Crippen LogP contribution in [-0.2, 0) is 0 Å². The fourth-order valence-electron chi connectivity index (χ4n) is 0.852. The zero-order valence-electron chi connectivity index (χ0n) is 6.84. The molecule has 0 amide bonds. The molecule has 0 atom stereocenters. The van der Waals surface area contributed by atoms with Gasteiger partial charge >= 0.3 is 6.01 Å². The van der Waals surface area contributed by atoms with Crippen molar-refractivity contribution in [3.63, 3.8) is 0 Å². The first kappa shape index (κ1) is 7.99. The summed E-state index contributed by atoms with van der Waals surface area (Å²) in [5, 5.41) is 6.49. The number of hydrogen-bond donors (Lipinski definition) is 1. The Morgan fingerprint density at radius 1 is 1.62 bits per heavy atom. The Balaban J connectivity index is 2.46. The molecule has 0 saturated heterocycles. The maximum Gasteiger partial charge on any atom is 0.337 e. The normalized spacial score (nSPS) is 10.2. The van der Waals surface area contributed by atoms with Gasteiger partial charge in [0.05, 0.1) is 7.11 Å². The van der Waals surface area contributed by atoms with Crippen molar-refractivity contribution in [2.45, 2.75) is 0 Å². The van der Waals surface area contributed by atoms with Crippen molar-refractivity contribution >= 4 is 17.3 Å². The number of methoxy groups -OCH3 is 1. The molecule has 7 heteroatoms. The van der Waals surface area contributed by atoms with Crippen LogP contribution in [0.5, 0.6) is 6.01 Å². The van der Waals surface area contributed by atoms with Crippen molar-refractivity contribution in [1.29, 1.82) is 0 Å². The highest BCUT2D eigenvalue weighted by Crippen LogP contribution is 2.15. The van der Waals surface area contributed by atoms with Crippen LogP contribution in [-0.4, -0.2) is 26.9 Å². The monoisotopic (exact) mass is 197 g/mol. The van der Waals surface area contributed by atoms with Crippen LogP contribution >= 0.6 is 11.3 Å². The van der Waals surface area contributed by atoms with Gasteiger partial charge in [-0.25, -0.2) is 4.98 Å². The second kappa shape index (κ2) is 3.02. The number of nitrogens with zero attached hydrogens (tertiary/aromatic N) is 4. The minimum absolute atomic E-state index is 0.243. The molecule has 0 unspecified atom stereocenters. The summed E-state index contributed by atoms with van der Waals surface area (Å²) in [7, 11) is 1.49. The van der Waals surface area contributed by atoms with Crippen molar-refractivity contribution in [3.8, 4) is 11.1 Å². The molecule has 0 fully saturated rings. The molecule has 0 bridgehead atoms. The van der Waals surface area contributed by atoms with Gasteiger partial charge in [0, 0.05) is 11.6 Å². The first-order valence-electron chi connectivity index (χ1n) is 3.47. The van der Waals surface area contributed by atoms with Crippen molar-refractivity contribution in [1.82, 2.24) is 19.7 Å². The van der Waals surface area contributed by atoms with Gasteiger partial charge in [-0.2, -0.15) is 9.67 Å².